The summed E-state index contributed by atoms with van der Waals surface area (Å²) in [5.41, 5.74) is 0. The summed E-state index contributed by atoms with van der Waals surface area (Å²) in [6, 6.07) is 1.28. The Balaban J connectivity index is 2.03. The third-order valence-corrected chi connectivity index (χ3v) is 2.48. The fourth-order valence-electron chi connectivity index (χ4n) is 1.86. The highest BCUT2D eigenvalue weighted by molar-refractivity contribution is 5.76. The molecule has 0 aromatic heterocycles. The summed E-state index contributed by atoms with van der Waals surface area (Å²) in [4.78, 5) is 4.00. The SMILES string of the molecule is CN=C1N[C@@H]2CCCC[C@@H]2O1. The molecule has 3 nitrogen and oxygen atoms in total. The van der Waals surface area contributed by atoms with Crippen molar-refractivity contribution in [2.24, 2.45) is 4.99 Å². The van der Waals surface area contributed by atoms with Crippen LogP contribution in [0.5, 0.6) is 0 Å². The van der Waals surface area contributed by atoms with Crippen LogP contribution in [0.15, 0.2) is 4.99 Å². The molecule has 1 aliphatic carbocycles. The third kappa shape index (κ3) is 1.19. The van der Waals surface area contributed by atoms with Gasteiger partial charge in [0, 0.05) is 7.05 Å². The lowest BCUT2D eigenvalue weighted by Crippen LogP contribution is -2.34. The molecule has 0 radical (unpaired) electrons. The van der Waals surface area contributed by atoms with Gasteiger partial charge in [0.1, 0.15) is 6.10 Å². The first kappa shape index (κ1) is 6.95. The number of aliphatic imine (C=N–C) groups is 1. The van der Waals surface area contributed by atoms with Crippen LogP contribution in [0.4, 0.5) is 0 Å². The smallest absolute Gasteiger partial charge is 0.285 e. The summed E-state index contributed by atoms with van der Waals surface area (Å²) in [7, 11) is 1.76. The van der Waals surface area contributed by atoms with Crippen LogP contribution in [0.25, 0.3) is 0 Å². The second-order valence-electron chi connectivity index (χ2n) is 3.22. The van der Waals surface area contributed by atoms with Gasteiger partial charge in [-0.2, -0.15) is 0 Å². The van der Waals surface area contributed by atoms with Crippen LogP contribution >= 0.6 is 0 Å². The van der Waals surface area contributed by atoms with E-state index in [9.17, 15) is 0 Å². The monoisotopic (exact) mass is 154 g/mol. The van der Waals surface area contributed by atoms with E-state index < -0.39 is 0 Å². The number of hydrogen-bond acceptors (Lipinski definition) is 2. The second kappa shape index (κ2) is 2.72. The molecule has 2 atom stereocenters. The Labute approximate surface area is 66.8 Å². The first-order valence-corrected chi connectivity index (χ1v) is 4.30. The lowest BCUT2D eigenvalue weighted by molar-refractivity contribution is 0.159. The van der Waals surface area contributed by atoms with Crippen LogP contribution in [-0.2, 0) is 4.74 Å². The zero-order valence-electron chi connectivity index (χ0n) is 6.84. The fourth-order valence-corrected chi connectivity index (χ4v) is 1.86. The van der Waals surface area contributed by atoms with E-state index in [-0.39, 0.29) is 0 Å². The van der Waals surface area contributed by atoms with E-state index in [0.717, 1.165) is 6.02 Å². The molecule has 0 aromatic rings. The van der Waals surface area contributed by atoms with Crippen molar-refractivity contribution in [2.45, 2.75) is 37.8 Å². The largest absolute Gasteiger partial charge is 0.460 e. The predicted molar refractivity (Wildman–Crippen MR) is 43.6 cm³/mol. The van der Waals surface area contributed by atoms with Gasteiger partial charge in [-0.05, 0) is 19.3 Å². The lowest BCUT2D eigenvalue weighted by Gasteiger charge is -2.21. The van der Waals surface area contributed by atoms with Crippen LogP contribution in [0.2, 0.25) is 0 Å². The van der Waals surface area contributed by atoms with Gasteiger partial charge in [0.15, 0.2) is 0 Å². The molecular weight excluding hydrogens is 140 g/mol. The van der Waals surface area contributed by atoms with E-state index in [4.69, 9.17) is 4.74 Å². The Kier molecular flexibility index (Phi) is 1.72. The van der Waals surface area contributed by atoms with E-state index in [1.54, 1.807) is 7.05 Å². The molecule has 1 N–H and O–H groups in total. The van der Waals surface area contributed by atoms with Crippen LogP contribution in [0.1, 0.15) is 25.7 Å². The van der Waals surface area contributed by atoms with Crippen LogP contribution in [0.3, 0.4) is 0 Å². The predicted octanol–water partition coefficient (Wildman–Crippen LogP) is 0.903. The highest BCUT2D eigenvalue weighted by Gasteiger charge is 2.33. The average Bonchev–Trinajstić information content (AvgIpc) is 2.46. The van der Waals surface area contributed by atoms with Gasteiger partial charge in [-0.25, -0.2) is 4.99 Å². The first-order valence-electron chi connectivity index (χ1n) is 4.30. The highest BCUT2D eigenvalue weighted by atomic mass is 16.5. The van der Waals surface area contributed by atoms with Crippen LogP contribution in [0, 0.1) is 0 Å². The topological polar surface area (TPSA) is 33.6 Å². The van der Waals surface area contributed by atoms with Gasteiger partial charge in [0.25, 0.3) is 6.02 Å². The molecule has 0 aromatic carbocycles. The molecule has 1 heterocycles. The minimum atomic E-state index is 0.405. The molecule has 11 heavy (non-hydrogen) atoms. The maximum Gasteiger partial charge on any atom is 0.285 e. The summed E-state index contributed by atoms with van der Waals surface area (Å²) in [5, 5.41) is 3.27. The molecule has 1 aliphatic heterocycles. The van der Waals surface area contributed by atoms with E-state index in [1.165, 1.54) is 25.7 Å². The molecule has 0 spiro atoms. The van der Waals surface area contributed by atoms with Gasteiger partial charge < -0.3 is 10.1 Å². The normalized spacial score (nSPS) is 39.5. The van der Waals surface area contributed by atoms with Crippen LogP contribution in [-0.4, -0.2) is 25.2 Å². The maximum absolute atomic E-state index is 5.55. The molecule has 2 rings (SSSR count). The Morgan fingerprint density at radius 1 is 1.45 bits per heavy atom. The molecule has 3 heteroatoms. The zero-order valence-corrected chi connectivity index (χ0v) is 6.84. The molecule has 62 valence electrons. The number of amidine groups is 1. The summed E-state index contributed by atoms with van der Waals surface area (Å²) in [6.07, 6.45) is 5.47. The Hall–Kier alpha value is -0.730. The van der Waals surface area contributed by atoms with Crippen molar-refractivity contribution in [3.05, 3.63) is 0 Å². The molecule has 0 amide bonds. The molecular formula is C8H14N2O. The van der Waals surface area contributed by atoms with Gasteiger partial charge in [-0.15, -0.1) is 0 Å². The summed E-state index contributed by atoms with van der Waals surface area (Å²) >= 11 is 0. The third-order valence-electron chi connectivity index (χ3n) is 2.48. The fraction of sp³-hybridized carbons (Fsp3) is 0.875. The lowest BCUT2D eigenvalue weighted by atomic mass is 9.93. The van der Waals surface area contributed by atoms with Crippen molar-refractivity contribution in [1.29, 1.82) is 0 Å². The molecule has 0 unspecified atom stereocenters. The van der Waals surface area contributed by atoms with E-state index in [2.05, 4.69) is 10.3 Å². The van der Waals surface area contributed by atoms with Gasteiger partial charge in [-0.1, -0.05) is 6.42 Å². The van der Waals surface area contributed by atoms with Gasteiger partial charge in [0.2, 0.25) is 0 Å². The summed E-state index contributed by atoms with van der Waals surface area (Å²) in [5.74, 6) is 0. The van der Waals surface area contributed by atoms with Crippen molar-refractivity contribution in [2.75, 3.05) is 7.05 Å². The number of ether oxygens (including phenoxy) is 1. The van der Waals surface area contributed by atoms with E-state index >= 15 is 0 Å². The van der Waals surface area contributed by atoms with Crippen molar-refractivity contribution in [3.63, 3.8) is 0 Å². The quantitative estimate of drug-likeness (QED) is 0.562. The standard InChI is InChI=1S/C8H14N2O/c1-9-8-10-6-4-2-3-5-7(6)11-8/h6-7H,2-5H2,1H3,(H,9,10)/t6-,7+/m1/s1. The highest BCUT2D eigenvalue weighted by Crippen LogP contribution is 2.24. The summed E-state index contributed by atoms with van der Waals surface area (Å²) in [6.45, 7) is 0. The number of nitrogens with one attached hydrogen (secondary N) is 1. The summed E-state index contributed by atoms with van der Waals surface area (Å²) < 4.78 is 5.55. The van der Waals surface area contributed by atoms with Crippen molar-refractivity contribution in [1.82, 2.24) is 5.32 Å². The molecule has 0 bridgehead atoms. The second-order valence-corrected chi connectivity index (χ2v) is 3.22. The molecule has 1 saturated carbocycles. The minimum Gasteiger partial charge on any atom is -0.460 e. The van der Waals surface area contributed by atoms with E-state index in [0.29, 0.717) is 12.1 Å². The van der Waals surface area contributed by atoms with Gasteiger partial charge in [0.05, 0.1) is 6.04 Å². The minimum absolute atomic E-state index is 0.405. The maximum atomic E-state index is 5.55. The Morgan fingerprint density at radius 3 is 3.00 bits per heavy atom. The van der Waals surface area contributed by atoms with Gasteiger partial charge >= 0.3 is 0 Å². The number of hydrogen-bond donors (Lipinski definition) is 1. The van der Waals surface area contributed by atoms with Crippen molar-refractivity contribution < 1.29 is 4.74 Å². The Bertz CT molecular complexity index is 163. The van der Waals surface area contributed by atoms with Crippen LogP contribution < -0.4 is 5.32 Å². The van der Waals surface area contributed by atoms with Crippen molar-refractivity contribution in [3.8, 4) is 0 Å². The Morgan fingerprint density at radius 2 is 2.27 bits per heavy atom. The number of nitrogens with zero attached hydrogens (tertiary/aromatic N) is 1. The molecule has 1 saturated heterocycles. The van der Waals surface area contributed by atoms with E-state index in [1.807, 2.05) is 0 Å². The van der Waals surface area contributed by atoms with Gasteiger partial charge in [-0.3, -0.25) is 0 Å². The molecule has 2 fully saturated rings. The average molecular weight is 154 g/mol. The first-order chi connectivity index (χ1) is 5.40. The van der Waals surface area contributed by atoms with Crippen molar-refractivity contribution >= 4 is 6.02 Å². The molecule has 2 aliphatic rings. The number of fused-ring (bicyclic) bond motifs is 1. The number of rotatable bonds is 0. The zero-order chi connectivity index (χ0) is 7.68.